The molecule has 0 unspecified atom stereocenters. The maximum absolute atomic E-state index is 13.3. The van der Waals surface area contributed by atoms with Gasteiger partial charge in [-0.3, -0.25) is 0 Å². The SMILES string of the molecule is N#Cc1cccnc1NCCc1c[nH]c2ccc(F)cc12. The predicted octanol–water partition coefficient (Wildman–Crippen LogP) is 3.23. The molecule has 0 amide bonds. The highest BCUT2D eigenvalue weighted by Gasteiger charge is 2.06. The summed E-state index contributed by atoms with van der Waals surface area (Å²) in [5.41, 5.74) is 2.47. The Bertz CT molecular complexity index is 817. The van der Waals surface area contributed by atoms with Gasteiger partial charge in [-0.05, 0) is 42.3 Å². The van der Waals surface area contributed by atoms with Crippen molar-refractivity contribution < 1.29 is 4.39 Å². The number of halogens is 1. The van der Waals surface area contributed by atoms with Crippen LogP contribution in [0.2, 0.25) is 0 Å². The highest BCUT2D eigenvalue weighted by Crippen LogP contribution is 2.20. The van der Waals surface area contributed by atoms with Crippen LogP contribution in [0, 0.1) is 17.1 Å². The summed E-state index contributed by atoms with van der Waals surface area (Å²) in [4.78, 5) is 7.27. The van der Waals surface area contributed by atoms with Crippen LogP contribution < -0.4 is 5.32 Å². The molecule has 0 radical (unpaired) electrons. The fraction of sp³-hybridized carbons (Fsp3) is 0.125. The number of fused-ring (bicyclic) bond motifs is 1. The Morgan fingerprint density at radius 1 is 1.33 bits per heavy atom. The van der Waals surface area contributed by atoms with Gasteiger partial charge in [0.05, 0.1) is 5.56 Å². The first-order valence-electron chi connectivity index (χ1n) is 6.62. The summed E-state index contributed by atoms with van der Waals surface area (Å²) in [5, 5.41) is 13.0. The lowest BCUT2D eigenvalue weighted by atomic mass is 10.1. The van der Waals surface area contributed by atoms with Gasteiger partial charge < -0.3 is 10.3 Å². The molecule has 0 aliphatic carbocycles. The molecule has 2 aromatic heterocycles. The van der Waals surface area contributed by atoms with Gasteiger partial charge in [0.1, 0.15) is 17.7 Å². The van der Waals surface area contributed by atoms with E-state index in [0.717, 1.165) is 16.5 Å². The molecule has 21 heavy (non-hydrogen) atoms. The van der Waals surface area contributed by atoms with Gasteiger partial charge in [-0.2, -0.15) is 5.26 Å². The van der Waals surface area contributed by atoms with Gasteiger partial charge in [0, 0.05) is 29.8 Å². The van der Waals surface area contributed by atoms with E-state index in [1.165, 1.54) is 12.1 Å². The Labute approximate surface area is 121 Å². The average molecular weight is 280 g/mol. The predicted molar refractivity (Wildman–Crippen MR) is 79.4 cm³/mol. The summed E-state index contributed by atoms with van der Waals surface area (Å²) in [6.45, 7) is 0.620. The van der Waals surface area contributed by atoms with E-state index in [9.17, 15) is 4.39 Å². The van der Waals surface area contributed by atoms with Crippen LogP contribution in [-0.4, -0.2) is 16.5 Å². The third kappa shape index (κ3) is 2.70. The van der Waals surface area contributed by atoms with Crippen molar-refractivity contribution in [1.82, 2.24) is 9.97 Å². The Hall–Kier alpha value is -2.87. The van der Waals surface area contributed by atoms with Crippen molar-refractivity contribution in [1.29, 1.82) is 5.26 Å². The number of aromatic nitrogens is 2. The van der Waals surface area contributed by atoms with Gasteiger partial charge in [0.2, 0.25) is 0 Å². The van der Waals surface area contributed by atoms with Crippen LogP contribution in [0.4, 0.5) is 10.2 Å². The number of anilines is 1. The number of H-pyrrole nitrogens is 1. The van der Waals surface area contributed by atoms with Gasteiger partial charge in [0.15, 0.2) is 0 Å². The number of hydrogen-bond acceptors (Lipinski definition) is 3. The van der Waals surface area contributed by atoms with Crippen LogP contribution in [0.3, 0.4) is 0 Å². The number of nitrogens with zero attached hydrogens (tertiary/aromatic N) is 2. The topological polar surface area (TPSA) is 64.5 Å². The molecule has 0 aliphatic heterocycles. The summed E-state index contributed by atoms with van der Waals surface area (Å²) >= 11 is 0. The number of nitriles is 1. The molecule has 3 rings (SSSR count). The van der Waals surface area contributed by atoms with Crippen molar-refractivity contribution in [3.05, 3.63) is 59.7 Å². The number of hydrogen-bond donors (Lipinski definition) is 2. The van der Waals surface area contributed by atoms with Crippen LogP contribution in [0.15, 0.2) is 42.7 Å². The second-order valence-electron chi connectivity index (χ2n) is 4.69. The van der Waals surface area contributed by atoms with Gasteiger partial charge in [-0.25, -0.2) is 9.37 Å². The molecule has 0 bridgehead atoms. The second-order valence-corrected chi connectivity index (χ2v) is 4.69. The van der Waals surface area contributed by atoms with Crippen LogP contribution >= 0.6 is 0 Å². The molecule has 0 spiro atoms. The lowest BCUT2D eigenvalue weighted by Gasteiger charge is -2.06. The monoisotopic (exact) mass is 280 g/mol. The van der Waals surface area contributed by atoms with Crippen LogP contribution in [-0.2, 0) is 6.42 Å². The zero-order valence-corrected chi connectivity index (χ0v) is 11.2. The quantitative estimate of drug-likeness (QED) is 0.771. The number of pyridine rings is 1. The second kappa shape index (κ2) is 5.63. The fourth-order valence-electron chi connectivity index (χ4n) is 2.31. The summed E-state index contributed by atoms with van der Waals surface area (Å²) < 4.78 is 13.3. The molecule has 0 saturated heterocycles. The van der Waals surface area contributed by atoms with Crippen LogP contribution in [0.1, 0.15) is 11.1 Å². The van der Waals surface area contributed by atoms with Gasteiger partial charge in [-0.15, -0.1) is 0 Å². The summed E-state index contributed by atoms with van der Waals surface area (Å²) in [6.07, 6.45) is 4.24. The van der Waals surface area contributed by atoms with E-state index in [-0.39, 0.29) is 5.82 Å². The zero-order chi connectivity index (χ0) is 14.7. The zero-order valence-electron chi connectivity index (χ0n) is 11.2. The normalized spacial score (nSPS) is 10.5. The number of aromatic amines is 1. The molecule has 104 valence electrons. The van der Waals surface area contributed by atoms with Gasteiger partial charge >= 0.3 is 0 Å². The van der Waals surface area contributed by atoms with Crippen molar-refractivity contribution in [2.24, 2.45) is 0 Å². The maximum Gasteiger partial charge on any atom is 0.143 e. The van der Waals surface area contributed by atoms with Crippen LogP contribution in [0.5, 0.6) is 0 Å². The highest BCUT2D eigenvalue weighted by atomic mass is 19.1. The van der Waals surface area contributed by atoms with Crippen molar-refractivity contribution in [3.8, 4) is 6.07 Å². The fourth-order valence-corrected chi connectivity index (χ4v) is 2.31. The minimum absolute atomic E-state index is 0.243. The Kier molecular flexibility index (Phi) is 3.52. The van der Waals surface area contributed by atoms with E-state index >= 15 is 0 Å². The molecule has 2 heterocycles. The van der Waals surface area contributed by atoms with E-state index in [1.807, 2.05) is 6.20 Å². The van der Waals surface area contributed by atoms with Gasteiger partial charge in [-0.1, -0.05) is 0 Å². The van der Waals surface area contributed by atoms with Crippen molar-refractivity contribution >= 4 is 16.7 Å². The standard InChI is InChI=1S/C16H13FN4/c17-13-3-4-15-14(8-13)12(10-21-15)5-7-20-16-11(9-18)2-1-6-19-16/h1-4,6,8,10,21H,5,7H2,(H,19,20). The number of nitrogens with one attached hydrogen (secondary N) is 2. The molecule has 0 saturated carbocycles. The molecule has 1 aromatic carbocycles. The average Bonchev–Trinajstić information content (AvgIpc) is 2.90. The maximum atomic E-state index is 13.3. The third-order valence-corrected chi connectivity index (χ3v) is 3.34. The lowest BCUT2D eigenvalue weighted by Crippen LogP contribution is -2.07. The third-order valence-electron chi connectivity index (χ3n) is 3.34. The minimum atomic E-state index is -0.243. The molecule has 0 fully saturated rings. The smallest absolute Gasteiger partial charge is 0.143 e. The Balaban J connectivity index is 1.72. The van der Waals surface area contributed by atoms with E-state index in [4.69, 9.17) is 5.26 Å². The summed E-state index contributed by atoms with van der Waals surface area (Å²) in [6, 6.07) is 10.2. The molecule has 3 aromatic rings. The molecule has 2 N–H and O–H groups in total. The first kappa shape index (κ1) is 13.1. The van der Waals surface area contributed by atoms with E-state index in [1.54, 1.807) is 24.4 Å². The Morgan fingerprint density at radius 2 is 2.24 bits per heavy atom. The first-order chi connectivity index (χ1) is 10.3. The van der Waals surface area contributed by atoms with Crippen molar-refractivity contribution in [2.75, 3.05) is 11.9 Å². The number of benzene rings is 1. The highest BCUT2D eigenvalue weighted by molar-refractivity contribution is 5.83. The molecule has 4 nitrogen and oxygen atoms in total. The molecule has 0 atom stereocenters. The number of rotatable bonds is 4. The van der Waals surface area contributed by atoms with E-state index in [2.05, 4.69) is 21.4 Å². The minimum Gasteiger partial charge on any atom is -0.369 e. The Morgan fingerprint density at radius 3 is 3.10 bits per heavy atom. The first-order valence-corrected chi connectivity index (χ1v) is 6.62. The lowest BCUT2D eigenvalue weighted by molar-refractivity contribution is 0.629. The van der Waals surface area contributed by atoms with Gasteiger partial charge in [0.25, 0.3) is 0 Å². The molecule has 0 aliphatic rings. The largest absolute Gasteiger partial charge is 0.369 e. The van der Waals surface area contributed by atoms with Crippen molar-refractivity contribution in [2.45, 2.75) is 6.42 Å². The molecular formula is C16H13FN4. The van der Waals surface area contributed by atoms with E-state index < -0.39 is 0 Å². The molecule has 5 heteroatoms. The molecular weight excluding hydrogens is 267 g/mol. The van der Waals surface area contributed by atoms with Crippen molar-refractivity contribution in [3.63, 3.8) is 0 Å². The van der Waals surface area contributed by atoms with Crippen LogP contribution in [0.25, 0.3) is 10.9 Å². The summed E-state index contributed by atoms with van der Waals surface area (Å²) in [7, 11) is 0. The summed E-state index contributed by atoms with van der Waals surface area (Å²) in [5.74, 6) is 0.332. The van der Waals surface area contributed by atoms with E-state index in [0.29, 0.717) is 24.3 Å².